The van der Waals surface area contributed by atoms with E-state index in [9.17, 15) is 4.79 Å². The van der Waals surface area contributed by atoms with Crippen LogP contribution in [0, 0.1) is 0 Å². The number of halogens is 1. The molecule has 3 N–H and O–H groups in total. The van der Waals surface area contributed by atoms with Crippen LogP contribution < -0.4 is 10.6 Å². The van der Waals surface area contributed by atoms with Crippen LogP contribution >= 0.6 is 12.4 Å². The van der Waals surface area contributed by atoms with Gasteiger partial charge in [-0.1, -0.05) is 24.3 Å². The van der Waals surface area contributed by atoms with E-state index in [0.29, 0.717) is 26.3 Å². The molecule has 1 aliphatic rings. The Balaban J connectivity index is 0.00000180. The molecule has 0 spiro atoms. The van der Waals surface area contributed by atoms with Crippen LogP contribution in [0.25, 0.3) is 0 Å². The molecular formula is C13H19ClN2O3. The number of aliphatic hydroxyl groups excluding tert-OH is 1. The molecule has 1 heterocycles. The molecule has 1 atom stereocenters. The highest BCUT2D eigenvalue weighted by atomic mass is 35.5. The molecule has 0 aromatic heterocycles. The SMILES string of the molecule is Cl.O=C(NCc1cccc(CO)c1)C1COCCN1. The molecule has 1 aromatic rings. The van der Waals surface area contributed by atoms with Gasteiger partial charge in [-0.3, -0.25) is 4.79 Å². The second kappa shape index (κ2) is 8.12. The van der Waals surface area contributed by atoms with Gasteiger partial charge in [-0.15, -0.1) is 12.4 Å². The van der Waals surface area contributed by atoms with Gasteiger partial charge in [-0.2, -0.15) is 0 Å². The molecule has 1 saturated heterocycles. The van der Waals surface area contributed by atoms with Crippen LogP contribution in [0.2, 0.25) is 0 Å². The highest BCUT2D eigenvalue weighted by Crippen LogP contribution is 2.05. The van der Waals surface area contributed by atoms with Crippen LogP contribution in [-0.2, 0) is 22.7 Å². The minimum Gasteiger partial charge on any atom is -0.392 e. The van der Waals surface area contributed by atoms with E-state index >= 15 is 0 Å². The van der Waals surface area contributed by atoms with Crippen LogP contribution in [0.1, 0.15) is 11.1 Å². The number of amides is 1. The summed E-state index contributed by atoms with van der Waals surface area (Å²) in [5.41, 5.74) is 1.83. The van der Waals surface area contributed by atoms with Crippen molar-refractivity contribution in [3.63, 3.8) is 0 Å². The van der Waals surface area contributed by atoms with E-state index in [1.807, 2.05) is 24.3 Å². The molecule has 0 bridgehead atoms. The first-order valence-electron chi connectivity index (χ1n) is 6.07. The molecule has 1 aromatic carbocycles. The van der Waals surface area contributed by atoms with Crippen LogP contribution in [-0.4, -0.2) is 36.8 Å². The van der Waals surface area contributed by atoms with Gasteiger partial charge in [0, 0.05) is 13.1 Å². The summed E-state index contributed by atoms with van der Waals surface area (Å²) in [6.07, 6.45) is 0. The monoisotopic (exact) mass is 286 g/mol. The van der Waals surface area contributed by atoms with Gasteiger partial charge in [0.1, 0.15) is 6.04 Å². The average Bonchev–Trinajstić information content (AvgIpc) is 2.46. The van der Waals surface area contributed by atoms with E-state index in [0.717, 1.165) is 11.1 Å². The van der Waals surface area contributed by atoms with Crippen LogP contribution in [0.4, 0.5) is 0 Å². The number of benzene rings is 1. The zero-order chi connectivity index (χ0) is 12.8. The fraction of sp³-hybridized carbons (Fsp3) is 0.462. The summed E-state index contributed by atoms with van der Waals surface area (Å²) in [7, 11) is 0. The van der Waals surface area contributed by atoms with Crippen LogP contribution in [0.5, 0.6) is 0 Å². The Hall–Kier alpha value is -1.14. The molecule has 1 unspecified atom stereocenters. The van der Waals surface area contributed by atoms with Gasteiger partial charge in [0.15, 0.2) is 0 Å². The number of carbonyl (C=O) groups excluding carboxylic acids is 1. The number of carbonyl (C=O) groups is 1. The fourth-order valence-corrected chi connectivity index (χ4v) is 1.88. The zero-order valence-electron chi connectivity index (χ0n) is 10.6. The molecule has 106 valence electrons. The third-order valence-electron chi connectivity index (χ3n) is 2.88. The van der Waals surface area contributed by atoms with Crippen LogP contribution in [0.3, 0.4) is 0 Å². The van der Waals surface area contributed by atoms with Crippen molar-refractivity contribution in [2.45, 2.75) is 19.2 Å². The summed E-state index contributed by atoms with van der Waals surface area (Å²) in [4.78, 5) is 11.8. The Morgan fingerprint density at radius 2 is 2.26 bits per heavy atom. The third-order valence-corrected chi connectivity index (χ3v) is 2.88. The molecule has 1 aliphatic heterocycles. The summed E-state index contributed by atoms with van der Waals surface area (Å²) < 4.78 is 5.24. The number of hydrogen-bond acceptors (Lipinski definition) is 4. The molecule has 6 heteroatoms. The molecule has 0 saturated carbocycles. The first-order valence-corrected chi connectivity index (χ1v) is 6.07. The predicted molar refractivity (Wildman–Crippen MR) is 74.1 cm³/mol. The van der Waals surface area contributed by atoms with Crippen molar-refractivity contribution in [3.05, 3.63) is 35.4 Å². The van der Waals surface area contributed by atoms with Gasteiger partial charge in [-0.25, -0.2) is 0 Å². The Labute approximate surface area is 118 Å². The van der Waals surface area contributed by atoms with Crippen LogP contribution in [0.15, 0.2) is 24.3 Å². The quantitative estimate of drug-likeness (QED) is 0.740. The number of aliphatic hydroxyl groups is 1. The zero-order valence-corrected chi connectivity index (χ0v) is 11.4. The lowest BCUT2D eigenvalue weighted by atomic mass is 10.1. The average molecular weight is 287 g/mol. The second-order valence-corrected chi connectivity index (χ2v) is 4.28. The van der Waals surface area contributed by atoms with Gasteiger partial charge in [0.2, 0.25) is 5.91 Å². The molecule has 0 aliphatic carbocycles. The second-order valence-electron chi connectivity index (χ2n) is 4.28. The Morgan fingerprint density at radius 1 is 1.47 bits per heavy atom. The van der Waals surface area contributed by atoms with E-state index in [2.05, 4.69) is 10.6 Å². The number of ether oxygens (including phenoxy) is 1. The Morgan fingerprint density at radius 3 is 2.95 bits per heavy atom. The normalized spacial score (nSPS) is 18.5. The van der Waals surface area contributed by atoms with Crippen molar-refractivity contribution in [1.82, 2.24) is 10.6 Å². The summed E-state index contributed by atoms with van der Waals surface area (Å²) >= 11 is 0. The van der Waals surface area contributed by atoms with Crippen molar-refractivity contribution in [1.29, 1.82) is 0 Å². The van der Waals surface area contributed by atoms with Crippen molar-refractivity contribution < 1.29 is 14.6 Å². The maximum atomic E-state index is 11.8. The lowest BCUT2D eigenvalue weighted by molar-refractivity contribution is -0.126. The number of rotatable bonds is 4. The van der Waals surface area contributed by atoms with Crippen molar-refractivity contribution in [2.24, 2.45) is 0 Å². The van der Waals surface area contributed by atoms with Crippen molar-refractivity contribution in [3.8, 4) is 0 Å². The largest absolute Gasteiger partial charge is 0.392 e. The maximum absolute atomic E-state index is 11.8. The van der Waals surface area contributed by atoms with Crippen molar-refractivity contribution in [2.75, 3.05) is 19.8 Å². The smallest absolute Gasteiger partial charge is 0.239 e. The molecule has 1 fully saturated rings. The topological polar surface area (TPSA) is 70.6 Å². The molecule has 0 radical (unpaired) electrons. The summed E-state index contributed by atoms with van der Waals surface area (Å²) in [6, 6.07) is 7.26. The fourth-order valence-electron chi connectivity index (χ4n) is 1.88. The third kappa shape index (κ3) is 4.80. The Bertz CT molecular complexity index is 409. The lowest BCUT2D eigenvalue weighted by Gasteiger charge is -2.22. The van der Waals surface area contributed by atoms with E-state index in [-0.39, 0.29) is 31.0 Å². The number of morpholine rings is 1. The molecular weight excluding hydrogens is 268 g/mol. The van der Waals surface area contributed by atoms with Crippen molar-refractivity contribution >= 4 is 18.3 Å². The molecule has 1 amide bonds. The predicted octanol–water partition coefficient (Wildman–Crippen LogP) is 0.205. The highest BCUT2D eigenvalue weighted by molar-refractivity contribution is 5.85. The van der Waals surface area contributed by atoms with Gasteiger partial charge >= 0.3 is 0 Å². The van der Waals surface area contributed by atoms with E-state index in [4.69, 9.17) is 9.84 Å². The molecule has 5 nitrogen and oxygen atoms in total. The van der Waals surface area contributed by atoms with E-state index < -0.39 is 0 Å². The number of nitrogens with one attached hydrogen (secondary N) is 2. The first-order chi connectivity index (χ1) is 8.79. The van der Waals surface area contributed by atoms with Gasteiger partial charge in [-0.05, 0) is 11.1 Å². The minimum atomic E-state index is -0.264. The number of hydrogen-bond donors (Lipinski definition) is 3. The van der Waals surface area contributed by atoms with E-state index in [1.54, 1.807) is 0 Å². The highest BCUT2D eigenvalue weighted by Gasteiger charge is 2.20. The first kappa shape index (κ1) is 15.9. The molecule has 2 rings (SSSR count). The summed E-state index contributed by atoms with van der Waals surface area (Å²) in [6.45, 7) is 2.26. The van der Waals surface area contributed by atoms with Gasteiger partial charge in [0.25, 0.3) is 0 Å². The van der Waals surface area contributed by atoms with Gasteiger partial charge < -0.3 is 20.5 Å². The standard InChI is InChI=1S/C13H18N2O3.ClH/c16-8-11-3-1-2-10(6-11)7-15-13(17)12-9-18-5-4-14-12;/h1-3,6,12,14,16H,4-5,7-9H2,(H,15,17);1H. The lowest BCUT2D eigenvalue weighted by Crippen LogP contribution is -2.51. The van der Waals surface area contributed by atoms with Gasteiger partial charge in [0.05, 0.1) is 19.8 Å². The Kier molecular flexibility index (Phi) is 6.80. The minimum absolute atomic E-state index is 0. The summed E-state index contributed by atoms with van der Waals surface area (Å²) in [5.74, 6) is -0.0518. The summed E-state index contributed by atoms with van der Waals surface area (Å²) in [5, 5.41) is 15.0. The molecule has 19 heavy (non-hydrogen) atoms. The van der Waals surface area contributed by atoms with E-state index in [1.165, 1.54) is 0 Å². The maximum Gasteiger partial charge on any atom is 0.239 e.